The van der Waals surface area contributed by atoms with Gasteiger partial charge in [-0.1, -0.05) is 28.6 Å². The van der Waals surface area contributed by atoms with Gasteiger partial charge in [-0.05, 0) is 25.0 Å². The zero-order valence-electron chi connectivity index (χ0n) is 17.3. The van der Waals surface area contributed by atoms with Gasteiger partial charge in [0.2, 0.25) is 0 Å². The van der Waals surface area contributed by atoms with Gasteiger partial charge >= 0.3 is 0 Å². The van der Waals surface area contributed by atoms with Crippen molar-refractivity contribution in [3.63, 3.8) is 0 Å². The molecule has 11 nitrogen and oxygen atoms in total. The van der Waals surface area contributed by atoms with Gasteiger partial charge in [-0.15, -0.1) is 0 Å². The normalized spacial score (nSPS) is 19.0. The predicted molar refractivity (Wildman–Crippen MR) is 122 cm³/mol. The number of ether oxygens (including phenoxy) is 1. The first-order valence-corrected chi connectivity index (χ1v) is 12.6. The van der Waals surface area contributed by atoms with Crippen molar-refractivity contribution in [3.05, 3.63) is 36.0 Å². The van der Waals surface area contributed by atoms with E-state index in [0.29, 0.717) is 48.5 Å². The van der Waals surface area contributed by atoms with Crippen LogP contribution in [0.2, 0.25) is 0 Å². The maximum Gasteiger partial charge on any atom is 0.280 e. The lowest BCUT2D eigenvalue weighted by Crippen LogP contribution is -2.25. The molecular formula is C20H20N6O5S2. The molecule has 1 atom stereocenters. The molecular weight excluding hydrogens is 468 g/mol. The second-order valence-corrected chi connectivity index (χ2v) is 10.9. The zero-order chi connectivity index (χ0) is 23.0. The van der Waals surface area contributed by atoms with Crippen LogP contribution >= 0.6 is 11.3 Å². The average molecular weight is 489 g/mol. The average Bonchev–Trinajstić information content (AvgIpc) is 3.40. The Labute approximate surface area is 192 Å². The number of carbonyl (C=O) groups excluding carboxylic acids is 1. The third-order valence-corrected chi connectivity index (χ3v) is 8.31. The summed E-state index contributed by atoms with van der Waals surface area (Å²) in [4.78, 5) is 31.8. The molecule has 2 aromatic heterocycles. The summed E-state index contributed by atoms with van der Waals surface area (Å²) >= 11 is 1.12. The number of nitrogen functional groups attached to an aromatic ring is 1. The van der Waals surface area contributed by atoms with E-state index in [1.54, 1.807) is 12.1 Å². The van der Waals surface area contributed by atoms with Crippen LogP contribution in [0, 0.1) is 0 Å². The third kappa shape index (κ3) is 4.65. The molecule has 3 aromatic rings. The number of hydrogen-bond donors (Lipinski definition) is 2. The fourth-order valence-electron chi connectivity index (χ4n) is 3.27. The minimum atomic E-state index is -3.34. The zero-order valence-corrected chi connectivity index (χ0v) is 18.9. The Morgan fingerprint density at radius 1 is 1.21 bits per heavy atom. The van der Waals surface area contributed by atoms with Gasteiger partial charge < -0.3 is 15.3 Å². The highest BCUT2D eigenvalue weighted by atomic mass is 32.2. The molecule has 0 unspecified atom stereocenters. The van der Waals surface area contributed by atoms with Gasteiger partial charge in [0.15, 0.2) is 37.3 Å². The summed E-state index contributed by atoms with van der Waals surface area (Å²) in [6, 6.07) is 6.06. The number of thiazole rings is 1. The summed E-state index contributed by atoms with van der Waals surface area (Å²) in [5.74, 6) is -0.321. The molecule has 33 heavy (non-hydrogen) atoms. The molecule has 1 aliphatic heterocycles. The van der Waals surface area contributed by atoms with Crippen molar-refractivity contribution in [2.75, 3.05) is 24.3 Å². The van der Waals surface area contributed by atoms with Gasteiger partial charge in [0, 0.05) is 12.0 Å². The van der Waals surface area contributed by atoms with Crippen LogP contribution in [0.15, 0.2) is 40.5 Å². The quantitative estimate of drug-likeness (QED) is 0.373. The van der Waals surface area contributed by atoms with Gasteiger partial charge in [0.25, 0.3) is 5.91 Å². The molecule has 0 radical (unpaired) electrons. The fourth-order valence-corrected chi connectivity index (χ4v) is 5.72. The van der Waals surface area contributed by atoms with E-state index >= 15 is 0 Å². The lowest BCUT2D eigenvalue weighted by atomic mass is 10.1. The number of benzene rings is 1. The number of anilines is 2. The summed E-state index contributed by atoms with van der Waals surface area (Å²) < 4.78 is 30.2. The van der Waals surface area contributed by atoms with Gasteiger partial charge in [-0.3, -0.25) is 10.1 Å². The van der Waals surface area contributed by atoms with Crippen molar-refractivity contribution in [3.8, 4) is 0 Å². The molecule has 1 saturated heterocycles. The molecule has 13 heteroatoms. The van der Waals surface area contributed by atoms with Crippen LogP contribution in [0.3, 0.4) is 0 Å². The molecule has 2 fully saturated rings. The highest BCUT2D eigenvalue weighted by Crippen LogP contribution is 2.33. The van der Waals surface area contributed by atoms with Crippen LogP contribution in [0.4, 0.5) is 10.9 Å². The molecule has 172 valence electrons. The monoisotopic (exact) mass is 488 g/mol. The minimum absolute atomic E-state index is 0.0167. The lowest BCUT2D eigenvalue weighted by Gasteiger charge is -2.10. The van der Waals surface area contributed by atoms with E-state index < -0.39 is 15.7 Å². The summed E-state index contributed by atoms with van der Waals surface area (Å²) in [6.07, 6.45) is 3.13. The van der Waals surface area contributed by atoms with Crippen molar-refractivity contribution < 1.29 is 22.8 Å². The van der Waals surface area contributed by atoms with Crippen molar-refractivity contribution in [1.29, 1.82) is 0 Å². The Kier molecular flexibility index (Phi) is 5.68. The maximum absolute atomic E-state index is 13.1. The molecule has 3 heterocycles. The number of rotatable bonds is 7. The van der Waals surface area contributed by atoms with Gasteiger partial charge in [0.05, 0.1) is 29.6 Å². The molecule has 0 bridgehead atoms. The largest absolute Gasteiger partial charge is 0.389 e. The standard InChI is InChI=1S/C20H20N6O5S2/c21-15-9-22-17-19(23-15)32-20(24-17)25-18(27)16(26-31-12-7-8-30-10-12)11-1-3-13(4-2-11)33(28,29)14-5-6-14/h1-4,9,12,14H,5-8,10H2,(H2,21,23)(H,22,24,25,27)/t12-/m1/s1. The van der Waals surface area contributed by atoms with Gasteiger partial charge in [0.1, 0.15) is 5.82 Å². The van der Waals surface area contributed by atoms with Crippen LogP contribution in [0.5, 0.6) is 0 Å². The summed E-state index contributed by atoms with van der Waals surface area (Å²) in [5, 5.41) is 6.72. The van der Waals surface area contributed by atoms with Gasteiger partial charge in [-0.25, -0.2) is 18.4 Å². The molecule has 5 rings (SSSR count). The number of nitrogens with two attached hydrogens (primary N) is 1. The Balaban J connectivity index is 1.41. The smallest absolute Gasteiger partial charge is 0.280 e. The van der Waals surface area contributed by atoms with E-state index in [1.807, 2.05) is 0 Å². The molecule has 1 amide bonds. The lowest BCUT2D eigenvalue weighted by molar-refractivity contribution is -0.110. The highest BCUT2D eigenvalue weighted by molar-refractivity contribution is 7.92. The van der Waals surface area contributed by atoms with Crippen LogP contribution in [-0.4, -0.2) is 59.6 Å². The second kappa shape index (κ2) is 8.65. The third-order valence-electron chi connectivity index (χ3n) is 5.18. The minimum Gasteiger partial charge on any atom is -0.389 e. The van der Waals surface area contributed by atoms with Gasteiger partial charge in [-0.2, -0.15) is 4.98 Å². The van der Waals surface area contributed by atoms with Crippen molar-refractivity contribution in [2.45, 2.75) is 35.5 Å². The van der Waals surface area contributed by atoms with E-state index in [2.05, 4.69) is 25.4 Å². The Bertz CT molecular complexity index is 1330. The summed E-state index contributed by atoms with van der Waals surface area (Å²) in [6.45, 7) is 0.942. The topological polar surface area (TPSA) is 159 Å². The van der Waals surface area contributed by atoms with E-state index in [1.165, 1.54) is 18.3 Å². The molecule has 3 N–H and O–H groups in total. The van der Waals surface area contributed by atoms with E-state index in [0.717, 1.165) is 11.3 Å². The summed E-state index contributed by atoms with van der Waals surface area (Å²) in [5.41, 5.74) is 6.40. The van der Waals surface area contributed by atoms with Crippen LogP contribution in [0.25, 0.3) is 10.5 Å². The van der Waals surface area contributed by atoms with Crippen molar-refractivity contribution in [1.82, 2.24) is 15.0 Å². The first-order chi connectivity index (χ1) is 15.9. The number of aromatic nitrogens is 3. The molecule has 1 aliphatic carbocycles. The van der Waals surface area contributed by atoms with E-state index in [-0.39, 0.29) is 32.9 Å². The maximum atomic E-state index is 13.1. The Morgan fingerprint density at radius 3 is 2.70 bits per heavy atom. The Hall–Kier alpha value is -3.16. The van der Waals surface area contributed by atoms with E-state index in [9.17, 15) is 13.2 Å². The fraction of sp³-hybridized carbons (Fsp3) is 0.350. The Morgan fingerprint density at radius 2 is 2.00 bits per heavy atom. The van der Waals surface area contributed by atoms with Crippen LogP contribution in [-0.2, 0) is 24.2 Å². The molecule has 0 spiro atoms. The molecule has 2 aliphatic rings. The predicted octanol–water partition coefficient (Wildman–Crippen LogP) is 1.75. The van der Waals surface area contributed by atoms with E-state index in [4.69, 9.17) is 15.3 Å². The number of sulfone groups is 1. The van der Waals surface area contributed by atoms with Crippen molar-refractivity contribution >= 4 is 54.2 Å². The number of amides is 1. The first kappa shape index (κ1) is 21.7. The molecule has 1 saturated carbocycles. The number of fused-ring (bicyclic) bond motifs is 1. The highest BCUT2D eigenvalue weighted by Gasteiger charge is 2.36. The number of oxime groups is 1. The number of hydrogen-bond acceptors (Lipinski definition) is 11. The summed E-state index contributed by atoms with van der Waals surface area (Å²) in [7, 11) is -3.34. The van der Waals surface area contributed by atoms with Crippen LogP contribution in [0.1, 0.15) is 24.8 Å². The van der Waals surface area contributed by atoms with Crippen molar-refractivity contribution in [2.24, 2.45) is 5.16 Å². The number of carbonyl (C=O) groups is 1. The first-order valence-electron chi connectivity index (χ1n) is 10.3. The number of nitrogens with zero attached hydrogens (tertiary/aromatic N) is 4. The number of nitrogens with one attached hydrogen (secondary N) is 1. The SMILES string of the molecule is Nc1cnc2nc(NC(=O)C(=NO[C@@H]3CCOC3)c3ccc(S(=O)(=O)C4CC4)cc3)sc2n1. The molecule has 1 aromatic carbocycles. The second-order valence-electron chi connectivity index (χ2n) is 7.70. The van der Waals surface area contributed by atoms with Crippen LogP contribution < -0.4 is 11.1 Å².